The highest BCUT2D eigenvalue weighted by atomic mass is 16.3. The maximum Gasteiger partial charge on any atom is 0.120 e. The van der Waals surface area contributed by atoms with Crippen LogP contribution in [-0.4, -0.2) is 5.11 Å². The molecule has 1 nitrogen and oxygen atoms in total. The van der Waals surface area contributed by atoms with Crippen LogP contribution in [0.1, 0.15) is 63.5 Å². The number of hydrogen-bond donors (Lipinski definition) is 1. The Bertz CT molecular complexity index is 588. The maximum absolute atomic E-state index is 12.2. The van der Waals surface area contributed by atoms with Crippen molar-refractivity contribution in [1.29, 1.82) is 0 Å². The van der Waals surface area contributed by atoms with Crippen molar-refractivity contribution in [3.05, 3.63) is 71.8 Å². The quantitative estimate of drug-likeness (QED) is 0.724. The molecule has 0 radical (unpaired) electrons. The van der Waals surface area contributed by atoms with Crippen molar-refractivity contribution in [2.45, 2.75) is 58.0 Å². The topological polar surface area (TPSA) is 20.2 Å². The van der Waals surface area contributed by atoms with Gasteiger partial charge in [0.2, 0.25) is 0 Å². The van der Waals surface area contributed by atoms with Crippen molar-refractivity contribution in [3.63, 3.8) is 0 Å². The summed E-state index contributed by atoms with van der Waals surface area (Å²) >= 11 is 0. The van der Waals surface area contributed by atoms with Crippen LogP contribution in [0.3, 0.4) is 0 Å². The first-order valence-electron chi connectivity index (χ1n) is 9.46. The predicted octanol–water partition coefficient (Wildman–Crippen LogP) is 5.92. The fourth-order valence-corrected chi connectivity index (χ4v) is 4.76. The second-order valence-corrected chi connectivity index (χ2v) is 7.55. The lowest BCUT2D eigenvalue weighted by atomic mass is 9.56. The first-order valence-corrected chi connectivity index (χ1v) is 9.46. The first-order chi connectivity index (χ1) is 11.6. The molecular weight excluding hydrogens is 292 g/mol. The average molecular weight is 322 g/mol. The van der Waals surface area contributed by atoms with Gasteiger partial charge in [0.25, 0.3) is 0 Å². The molecule has 0 unspecified atom stereocenters. The molecule has 0 heterocycles. The van der Waals surface area contributed by atoms with E-state index in [2.05, 4.69) is 38.1 Å². The normalized spacial score (nSPS) is 19.0. The summed E-state index contributed by atoms with van der Waals surface area (Å²) in [5.41, 5.74) is 0.917. The summed E-state index contributed by atoms with van der Waals surface area (Å²) in [6.07, 6.45) is 7.35. The van der Waals surface area contributed by atoms with Crippen molar-refractivity contribution in [1.82, 2.24) is 0 Å². The molecule has 1 saturated carbocycles. The highest BCUT2D eigenvalue weighted by Gasteiger charge is 2.52. The van der Waals surface area contributed by atoms with Gasteiger partial charge in [-0.25, -0.2) is 0 Å². The summed E-state index contributed by atoms with van der Waals surface area (Å²) in [6, 6.07) is 20.6. The van der Waals surface area contributed by atoms with Gasteiger partial charge in [-0.05, 0) is 36.3 Å². The Morgan fingerprint density at radius 3 is 1.71 bits per heavy atom. The molecule has 2 aromatic rings. The molecule has 0 amide bonds. The maximum atomic E-state index is 12.2. The van der Waals surface area contributed by atoms with Crippen molar-refractivity contribution >= 4 is 0 Å². The van der Waals surface area contributed by atoms with E-state index in [0.717, 1.165) is 17.5 Å². The van der Waals surface area contributed by atoms with Crippen LogP contribution in [0, 0.1) is 11.3 Å². The number of aliphatic hydroxyl groups is 1. The molecule has 1 atom stereocenters. The zero-order valence-electron chi connectivity index (χ0n) is 15.0. The van der Waals surface area contributed by atoms with Gasteiger partial charge in [0.05, 0.1) is 0 Å². The highest BCUT2D eigenvalue weighted by Crippen LogP contribution is 2.55. The van der Waals surface area contributed by atoms with Crippen LogP contribution >= 0.6 is 0 Å². The van der Waals surface area contributed by atoms with Gasteiger partial charge in [-0.2, -0.15) is 0 Å². The lowest BCUT2D eigenvalue weighted by Crippen LogP contribution is -2.49. The van der Waals surface area contributed by atoms with Gasteiger partial charge in [0.1, 0.15) is 5.60 Å². The number of rotatable bonds is 5. The minimum absolute atomic E-state index is 0.171. The third-order valence-electron chi connectivity index (χ3n) is 6.45. The van der Waals surface area contributed by atoms with Gasteiger partial charge in [-0.1, -0.05) is 93.8 Å². The number of benzene rings is 2. The fourth-order valence-electron chi connectivity index (χ4n) is 4.76. The average Bonchev–Trinajstić information content (AvgIpc) is 2.68. The molecule has 24 heavy (non-hydrogen) atoms. The summed E-state index contributed by atoms with van der Waals surface area (Å²) in [7, 11) is 0. The van der Waals surface area contributed by atoms with Crippen LogP contribution in [0.5, 0.6) is 0 Å². The minimum Gasteiger partial charge on any atom is -0.380 e. The standard InChI is InChI=1S/C23H30O/c1-3-22(2,19-13-7-4-8-14-19)23(24,20-15-9-5-10-16-20)21-17-11-6-12-18-21/h5-6,9-12,15-19,24H,3-4,7-8,13-14H2,1-2H3/t22-/m0/s1. The Morgan fingerprint density at radius 1 is 0.833 bits per heavy atom. The Hall–Kier alpha value is -1.60. The van der Waals surface area contributed by atoms with E-state index < -0.39 is 5.60 Å². The third-order valence-corrected chi connectivity index (χ3v) is 6.45. The summed E-state index contributed by atoms with van der Waals surface area (Å²) < 4.78 is 0. The summed E-state index contributed by atoms with van der Waals surface area (Å²) in [6.45, 7) is 4.55. The van der Waals surface area contributed by atoms with E-state index >= 15 is 0 Å². The molecule has 1 N–H and O–H groups in total. The first kappa shape index (κ1) is 17.2. The Balaban J connectivity index is 2.16. The van der Waals surface area contributed by atoms with E-state index in [4.69, 9.17) is 0 Å². The van der Waals surface area contributed by atoms with Crippen LogP contribution in [0.25, 0.3) is 0 Å². The molecule has 1 aliphatic rings. The van der Waals surface area contributed by atoms with E-state index in [1.165, 1.54) is 32.1 Å². The summed E-state index contributed by atoms with van der Waals surface area (Å²) in [5, 5.41) is 12.2. The van der Waals surface area contributed by atoms with E-state index in [0.29, 0.717) is 5.92 Å². The van der Waals surface area contributed by atoms with Crippen LogP contribution < -0.4 is 0 Å². The zero-order chi connectivity index (χ0) is 17.0. The van der Waals surface area contributed by atoms with Gasteiger partial charge in [0, 0.05) is 5.41 Å². The summed E-state index contributed by atoms with van der Waals surface area (Å²) in [5.74, 6) is 0.557. The van der Waals surface area contributed by atoms with E-state index in [9.17, 15) is 5.11 Å². The van der Waals surface area contributed by atoms with E-state index in [-0.39, 0.29) is 5.41 Å². The molecule has 0 saturated heterocycles. The molecular formula is C23H30O. The molecule has 1 aliphatic carbocycles. The Kier molecular flexibility index (Phi) is 5.10. The second-order valence-electron chi connectivity index (χ2n) is 7.55. The van der Waals surface area contributed by atoms with Crippen molar-refractivity contribution < 1.29 is 5.11 Å². The Labute approximate surface area is 146 Å². The molecule has 0 spiro atoms. The van der Waals surface area contributed by atoms with E-state index in [1.807, 2.05) is 36.4 Å². The van der Waals surface area contributed by atoms with Crippen molar-refractivity contribution in [3.8, 4) is 0 Å². The number of hydrogen-bond acceptors (Lipinski definition) is 1. The Morgan fingerprint density at radius 2 is 1.29 bits per heavy atom. The molecule has 0 aliphatic heterocycles. The SMILES string of the molecule is CC[C@@](C)(C1CCCCC1)C(O)(c1ccccc1)c1ccccc1. The molecule has 0 aromatic heterocycles. The van der Waals surface area contributed by atoms with Crippen molar-refractivity contribution in [2.75, 3.05) is 0 Å². The lowest BCUT2D eigenvalue weighted by Gasteiger charge is -2.51. The molecule has 3 rings (SSSR count). The van der Waals surface area contributed by atoms with Crippen LogP contribution in [0.15, 0.2) is 60.7 Å². The monoisotopic (exact) mass is 322 g/mol. The third kappa shape index (κ3) is 2.80. The zero-order valence-corrected chi connectivity index (χ0v) is 15.0. The molecule has 128 valence electrons. The largest absolute Gasteiger partial charge is 0.380 e. The smallest absolute Gasteiger partial charge is 0.120 e. The molecule has 0 bridgehead atoms. The van der Waals surface area contributed by atoms with Gasteiger partial charge < -0.3 is 5.11 Å². The second kappa shape index (κ2) is 7.11. The fraction of sp³-hybridized carbons (Fsp3) is 0.478. The van der Waals surface area contributed by atoms with Gasteiger partial charge in [0.15, 0.2) is 0 Å². The lowest BCUT2D eigenvalue weighted by molar-refractivity contribution is -0.0935. The van der Waals surface area contributed by atoms with Crippen LogP contribution in [0.2, 0.25) is 0 Å². The molecule has 1 fully saturated rings. The highest BCUT2D eigenvalue weighted by molar-refractivity contribution is 5.39. The van der Waals surface area contributed by atoms with Gasteiger partial charge in [-0.15, -0.1) is 0 Å². The molecule has 2 aromatic carbocycles. The van der Waals surface area contributed by atoms with Gasteiger partial charge in [-0.3, -0.25) is 0 Å². The van der Waals surface area contributed by atoms with Gasteiger partial charge >= 0.3 is 0 Å². The van der Waals surface area contributed by atoms with Crippen LogP contribution in [-0.2, 0) is 5.60 Å². The van der Waals surface area contributed by atoms with Crippen LogP contribution in [0.4, 0.5) is 0 Å². The minimum atomic E-state index is -0.952. The van der Waals surface area contributed by atoms with E-state index in [1.54, 1.807) is 0 Å². The molecule has 1 heteroatoms. The predicted molar refractivity (Wildman–Crippen MR) is 101 cm³/mol. The summed E-state index contributed by atoms with van der Waals surface area (Å²) in [4.78, 5) is 0. The van der Waals surface area contributed by atoms with Crippen molar-refractivity contribution in [2.24, 2.45) is 11.3 Å².